The molecule has 0 aromatic heterocycles. The van der Waals surface area contributed by atoms with Crippen LogP contribution in [0, 0.1) is 0 Å². The Balaban J connectivity index is 3.91. The number of carbonyl (C=O) groups excluding carboxylic acids is 1. The minimum atomic E-state index is -0.846. The van der Waals surface area contributed by atoms with Gasteiger partial charge in [-0.05, 0) is 33.6 Å². The molecular weight excluding hydrogens is 210 g/mol. The highest BCUT2D eigenvalue weighted by Gasteiger charge is 2.27. The van der Waals surface area contributed by atoms with Crippen molar-refractivity contribution < 1.29 is 19.4 Å². The molecule has 0 saturated heterocycles. The molecule has 5 heteroatoms. The summed E-state index contributed by atoms with van der Waals surface area (Å²) in [5.74, 6) is -0.992. The summed E-state index contributed by atoms with van der Waals surface area (Å²) >= 11 is 0. The van der Waals surface area contributed by atoms with Crippen LogP contribution >= 0.6 is 0 Å². The monoisotopic (exact) mass is 231 g/mol. The van der Waals surface area contributed by atoms with Crippen molar-refractivity contribution in [3.63, 3.8) is 0 Å². The summed E-state index contributed by atoms with van der Waals surface area (Å²) in [6, 6.07) is -0.0405. The summed E-state index contributed by atoms with van der Waals surface area (Å²) in [5, 5.41) is 11.3. The summed E-state index contributed by atoms with van der Waals surface area (Å²) in [5.41, 5.74) is -0.846. The number of amides is 1. The SMILES string of the molecule is COC(C)(C)C(=O)NC(C)CCCC(=O)O. The molecule has 16 heavy (non-hydrogen) atoms. The maximum absolute atomic E-state index is 11.7. The van der Waals surface area contributed by atoms with Crippen molar-refractivity contribution in [2.45, 2.75) is 51.7 Å². The van der Waals surface area contributed by atoms with Crippen LogP contribution < -0.4 is 5.32 Å². The summed E-state index contributed by atoms with van der Waals surface area (Å²) in [4.78, 5) is 22.0. The summed E-state index contributed by atoms with van der Waals surface area (Å²) < 4.78 is 5.04. The van der Waals surface area contributed by atoms with E-state index in [0.29, 0.717) is 12.8 Å². The second-order valence-electron chi connectivity index (χ2n) is 4.37. The molecule has 5 nitrogen and oxygen atoms in total. The number of methoxy groups -OCH3 is 1. The average molecular weight is 231 g/mol. The predicted octanol–water partition coefficient (Wildman–Crippen LogP) is 1.17. The van der Waals surface area contributed by atoms with E-state index in [-0.39, 0.29) is 18.4 Å². The molecule has 0 heterocycles. The van der Waals surface area contributed by atoms with Crippen LogP contribution in [0.3, 0.4) is 0 Å². The molecule has 0 fully saturated rings. The first kappa shape index (κ1) is 14.9. The van der Waals surface area contributed by atoms with Gasteiger partial charge in [-0.25, -0.2) is 0 Å². The third-order valence-corrected chi connectivity index (χ3v) is 2.46. The molecule has 1 atom stereocenters. The third kappa shape index (κ3) is 5.70. The van der Waals surface area contributed by atoms with Gasteiger partial charge in [-0.2, -0.15) is 0 Å². The van der Waals surface area contributed by atoms with Gasteiger partial charge in [0.25, 0.3) is 5.91 Å². The maximum Gasteiger partial charge on any atom is 0.303 e. The van der Waals surface area contributed by atoms with E-state index in [1.54, 1.807) is 13.8 Å². The fourth-order valence-corrected chi connectivity index (χ4v) is 1.12. The van der Waals surface area contributed by atoms with Crippen LogP contribution in [-0.4, -0.2) is 35.7 Å². The molecule has 0 aliphatic carbocycles. The lowest BCUT2D eigenvalue weighted by molar-refractivity contribution is -0.140. The highest BCUT2D eigenvalue weighted by atomic mass is 16.5. The number of carboxylic acid groups (broad SMARTS) is 1. The van der Waals surface area contributed by atoms with E-state index in [0.717, 1.165) is 0 Å². The fraction of sp³-hybridized carbons (Fsp3) is 0.818. The Bertz CT molecular complexity index is 250. The molecule has 0 radical (unpaired) electrons. The van der Waals surface area contributed by atoms with Crippen molar-refractivity contribution in [2.24, 2.45) is 0 Å². The standard InChI is InChI=1S/C11H21NO4/c1-8(6-5-7-9(13)14)12-10(15)11(2,3)16-4/h8H,5-7H2,1-4H3,(H,12,15)(H,13,14). The van der Waals surface area contributed by atoms with Crippen LogP contribution in [-0.2, 0) is 14.3 Å². The Morgan fingerprint density at radius 2 is 2.00 bits per heavy atom. The van der Waals surface area contributed by atoms with Gasteiger partial charge in [0, 0.05) is 19.6 Å². The van der Waals surface area contributed by atoms with E-state index in [4.69, 9.17) is 9.84 Å². The van der Waals surface area contributed by atoms with E-state index in [9.17, 15) is 9.59 Å². The third-order valence-electron chi connectivity index (χ3n) is 2.46. The minimum Gasteiger partial charge on any atom is -0.481 e. The first-order valence-electron chi connectivity index (χ1n) is 5.37. The molecule has 2 N–H and O–H groups in total. The number of hydrogen-bond acceptors (Lipinski definition) is 3. The average Bonchev–Trinajstić information content (AvgIpc) is 2.16. The van der Waals surface area contributed by atoms with Crippen molar-refractivity contribution >= 4 is 11.9 Å². The first-order chi connectivity index (χ1) is 7.29. The van der Waals surface area contributed by atoms with E-state index in [1.165, 1.54) is 7.11 Å². The van der Waals surface area contributed by atoms with Gasteiger partial charge in [-0.1, -0.05) is 0 Å². The molecule has 0 aliphatic rings. The summed E-state index contributed by atoms with van der Waals surface area (Å²) in [6.07, 6.45) is 1.34. The predicted molar refractivity (Wildman–Crippen MR) is 60.2 cm³/mol. The Hall–Kier alpha value is -1.10. The van der Waals surface area contributed by atoms with Crippen LogP contribution in [0.15, 0.2) is 0 Å². The minimum absolute atomic E-state index is 0.0405. The lowest BCUT2D eigenvalue weighted by Crippen LogP contribution is -2.46. The maximum atomic E-state index is 11.7. The highest BCUT2D eigenvalue weighted by Crippen LogP contribution is 2.09. The molecule has 0 saturated carbocycles. The van der Waals surface area contributed by atoms with E-state index < -0.39 is 11.6 Å². The van der Waals surface area contributed by atoms with Crippen molar-refractivity contribution in [3.05, 3.63) is 0 Å². The van der Waals surface area contributed by atoms with Gasteiger partial charge < -0.3 is 15.2 Å². The number of carboxylic acids is 1. The Kier molecular flexibility index (Phi) is 6.03. The molecule has 0 spiro atoms. The largest absolute Gasteiger partial charge is 0.481 e. The Morgan fingerprint density at radius 3 is 2.44 bits per heavy atom. The van der Waals surface area contributed by atoms with Crippen LogP contribution in [0.25, 0.3) is 0 Å². The topological polar surface area (TPSA) is 75.6 Å². The van der Waals surface area contributed by atoms with Gasteiger partial charge >= 0.3 is 5.97 Å². The Morgan fingerprint density at radius 1 is 1.44 bits per heavy atom. The number of carbonyl (C=O) groups is 2. The van der Waals surface area contributed by atoms with Crippen molar-refractivity contribution in [3.8, 4) is 0 Å². The number of hydrogen-bond donors (Lipinski definition) is 2. The molecule has 1 unspecified atom stereocenters. The van der Waals surface area contributed by atoms with Gasteiger partial charge in [-0.3, -0.25) is 9.59 Å². The van der Waals surface area contributed by atoms with Crippen LogP contribution in [0.2, 0.25) is 0 Å². The van der Waals surface area contributed by atoms with Gasteiger partial charge in [-0.15, -0.1) is 0 Å². The fourth-order valence-electron chi connectivity index (χ4n) is 1.12. The summed E-state index contributed by atoms with van der Waals surface area (Å²) in [6.45, 7) is 5.23. The van der Waals surface area contributed by atoms with Crippen LogP contribution in [0.5, 0.6) is 0 Å². The molecule has 94 valence electrons. The lowest BCUT2D eigenvalue weighted by atomic mass is 10.1. The van der Waals surface area contributed by atoms with Crippen molar-refractivity contribution in [1.82, 2.24) is 5.32 Å². The number of nitrogens with one attached hydrogen (secondary N) is 1. The second kappa shape index (κ2) is 6.48. The molecule has 0 bridgehead atoms. The molecule has 0 aliphatic heterocycles. The molecule has 0 rings (SSSR count). The number of rotatable bonds is 7. The Labute approximate surface area is 96.2 Å². The van der Waals surface area contributed by atoms with E-state index >= 15 is 0 Å². The van der Waals surface area contributed by atoms with Crippen molar-refractivity contribution in [2.75, 3.05) is 7.11 Å². The molecule has 1 amide bonds. The second-order valence-corrected chi connectivity index (χ2v) is 4.37. The molecule has 0 aromatic rings. The van der Waals surface area contributed by atoms with E-state index in [2.05, 4.69) is 5.32 Å². The van der Waals surface area contributed by atoms with Crippen LogP contribution in [0.1, 0.15) is 40.0 Å². The quantitative estimate of drug-likeness (QED) is 0.689. The normalized spacial score (nSPS) is 13.2. The van der Waals surface area contributed by atoms with E-state index in [1.807, 2.05) is 6.92 Å². The van der Waals surface area contributed by atoms with Crippen molar-refractivity contribution in [1.29, 1.82) is 0 Å². The number of ether oxygens (including phenoxy) is 1. The zero-order chi connectivity index (χ0) is 12.8. The zero-order valence-corrected chi connectivity index (χ0v) is 10.4. The van der Waals surface area contributed by atoms with Crippen LogP contribution in [0.4, 0.5) is 0 Å². The summed E-state index contributed by atoms with van der Waals surface area (Å²) in [7, 11) is 1.48. The van der Waals surface area contributed by atoms with Gasteiger partial charge in [0.15, 0.2) is 0 Å². The van der Waals surface area contributed by atoms with Gasteiger partial charge in [0.1, 0.15) is 5.60 Å². The van der Waals surface area contributed by atoms with Gasteiger partial charge in [0.2, 0.25) is 0 Å². The highest BCUT2D eigenvalue weighted by molar-refractivity contribution is 5.84. The smallest absolute Gasteiger partial charge is 0.303 e. The molecular formula is C11H21NO4. The van der Waals surface area contributed by atoms with Gasteiger partial charge in [0.05, 0.1) is 0 Å². The molecule has 0 aromatic carbocycles. The lowest BCUT2D eigenvalue weighted by Gasteiger charge is -2.24. The zero-order valence-electron chi connectivity index (χ0n) is 10.4. The first-order valence-corrected chi connectivity index (χ1v) is 5.37. The number of aliphatic carboxylic acids is 1.